The summed E-state index contributed by atoms with van der Waals surface area (Å²) in [5.41, 5.74) is 0.866. The molecule has 33 heavy (non-hydrogen) atoms. The molecule has 0 atom stereocenters. The SMILES string of the molecule is Cc1cc(I)ccc1Nc1ccc2ncn(C(=O)Oc3c(F)c(F)c(F)c(F)c3F)c2c1F. The number of aryl methyl sites for hydroxylation is 1. The van der Waals surface area contributed by atoms with E-state index in [1.54, 1.807) is 19.1 Å². The Morgan fingerprint density at radius 2 is 1.52 bits per heavy atom. The standard InChI is InChI=1S/C21H10F6IN3O2/c1-8-6-9(28)2-3-10(8)30-11-4-5-12-19(13(11)22)31(7-29-12)21(32)33-20-17(26)15(24)14(23)16(25)18(20)27/h2-7,30H,1H3. The third kappa shape index (κ3) is 3.98. The molecular formula is C21H10F6IN3O2. The highest BCUT2D eigenvalue weighted by atomic mass is 127. The van der Waals surface area contributed by atoms with Crippen LogP contribution >= 0.6 is 22.6 Å². The Kier molecular flexibility index (Phi) is 5.95. The van der Waals surface area contributed by atoms with E-state index < -0.39 is 52.3 Å². The average Bonchev–Trinajstić information content (AvgIpc) is 3.22. The molecule has 0 saturated carbocycles. The molecule has 0 amide bonds. The summed E-state index contributed by atoms with van der Waals surface area (Å²) in [7, 11) is 0. The highest BCUT2D eigenvalue weighted by Crippen LogP contribution is 2.31. The lowest BCUT2D eigenvalue weighted by molar-refractivity contribution is 0.196. The lowest BCUT2D eigenvalue weighted by Gasteiger charge is -2.12. The molecule has 0 spiro atoms. The molecule has 12 heteroatoms. The van der Waals surface area contributed by atoms with Gasteiger partial charge in [0.25, 0.3) is 0 Å². The van der Waals surface area contributed by atoms with E-state index in [1.165, 1.54) is 12.1 Å². The summed E-state index contributed by atoms with van der Waals surface area (Å²) in [5.74, 6) is -14.5. The molecule has 4 aromatic rings. The molecule has 0 aliphatic carbocycles. The van der Waals surface area contributed by atoms with Gasteiger partial charge >= 0.3 is 6.09 Å². The Bertz CT molecular complexity index is 1410. The number of carbonyl (C=O) groups excluding carboxylic acids is 1. The molecule has 5 nitrogen and oxygen atoms in total. The minimum Gasteiger partial charge on any atom is -0.403 e. The van der Waals surface area contributed by atoms with Crippen molar-refractivity contribution in [2.75, 3.05) is 5.32 Å². The number of carbonyl (C=O) groups is 1. The summed E-state index contributed by atoms with van der Waals surface area (Å²) < 4.78 is 88.8. The quantitative estimate of drug-likeness (QED) is 0.130. The summed E-state index contributed by atoms with van der Waals surface area (Å²) in [6.45, 7) is 1.80. The van der Waals surface area contributed by atoms with Crippen molar-refractivity contribution in [1.82, 2.24) is 9.55 Å². The first-order chi connectivity index (χ1) is 15.6. The van der Waals surface area contributed by atoms with Crippen molar-refractivity contribution >= 4 is 51.1 Å². The Hall–Kier alpha value is -3.29. The second-order valence-electron chi connectivity index (χ2n) is 6.76. The maximum atomic E-state index is 15.2. The molecule has 1 N–H and O–H groups in total. The molecule has 0 aliphatic heterocycles. The first-order valence-electron chi connectivity index (χ1n) is 9.02. The number of hydrogen-bond donors (Lipinski definition) is 1. The van der Waals surface area contributed by atoms with Gasteiger partial charge in [-0.15, -0.1) is 0 Å². The molecule has 0 saturated heterocycles. The normalized spacial score (nSPS) is 11.2. The third-order valence-corrected chi connectivity index (χ3v) is 5.33. The van der Waals surface area contributed by atoms with Gasteiger partial charge in [0.2, 0.25) is 34.8 Å². The number of anilines is 2. The monoisotopic (exact) mass is 577 g/mol. The second-order valence-corrected chi connectivity index (χ2v) is 8.01. The number of aromatic nitrogens is 2. The highest BCUT2D eigenvalue weighted by molar-refractivity contribution is 14.1. The van der Waals surface area contributed by atoms with Crippen molar-refractivity contribution in [3.05, 3.63) is 80.7 Å². The van der Waals surface area contributed by atoms with E-state index in [1.807, 2.05) is 6.07 Å². The van der Waals surface area contributed by atoms with Gasteiger partial charge in [0.1, 0.15) is 11.8 Å². The van der Waals surface area contributed by atoms with Crippen LogP contribution in [-0.4, -0.2) is 15.6 Å². The predicted molar refractivity (Wildman–Crippen MR) is 115 cm³/mol. The van der Waals surface area contributed by atoms with E-state index in [9.17, 15) is 26.7 Å². The fourth-order valence-electron chi connectivity index (χ4n) is 3.02. The van der Waals surface area contributed by atoms with Crippen LogP contribution in [0, 0.1) is 45.4 Å². The summed E-state index contributed by atoms with van der Waals surface area (Å²) in [4.78, 5) is 16.3. The molecule has 0 radical (unpaired) electrons. The number of imidazole rings is 1. The number of benzene rings is 3. The van der Waals surface area contributed by atoms with Gasteiger partial charge in [0, 0.05) is 9.26 Å². The summed E-state index contributed by atoms with van der Waals surface area (Å²) in [5, 5.41) is 2.87. The van der Waals surface area contributed by atoms with E-state index in [0.29, 0.717) is 10.3 Å². The maximum absolute atomic E-state index is 15.2. The average molecular weight is 577 g/mol. The summed E-state index contributed by atoms with van der Waals surface area (Å²) in [6, 6.07) is 8.09. The highest BCUT2D eigenvalue weighted by Gasteiger charge is 2.29. The van der Waals surface area contributed by atoms with Crippen LogP contribution in [-0.2, 0) is 0 Å². The van der Waals surface area contributed by atoms with E-state index >= 15 is 4.39 Å². The van der Waals surface area contributed by atoms with Gasteiger partial charge in [-0.05, 0) is 65.4 Å². The van der Waals surface area contributed by atoms with Crippen molar-refractivity contribution in [2.45, 2.75) is 6.92 Å². The fourth-order valence-corrected chi connectivity index (χ4v) is 3.67. The number of nitrogens with zero attached hydrogens (tertiary/aromatic N) is 2. The number of ether oxygens (including phenoxy) is 1. The van der Waals surface area contributed by atoms with Crippen molar-refractivity contribution in [3.63, 3.8) is 0 Å². The zero-order valence-electron chi connectivity index (χ0n) is 16.3. The van der Waals surface area contributed by atoms with Crippen molar-refractivity contribution < 1.29 is 35.9 Å². The van der Waals surface area contributed by atoms with Gasteiger partial charge in [-0.1, -0.05) is 0 Å². The van der Waals surface area contributed by atoms with Crippen LogP contribution in [0.3, 0.4) is 0 Å². The maximum Gasteiger partial charge on any atom is 0.425 e. The van der Waals surface area contributed by atoms with Crippen LogP contribution in [0.15, 0.2) is 36.7 Å². The molecule has 0 unspecified atom stereocenters. The molecule has 1 heterocycles. The van der Waals surface area contributed by atoms with Crippen molar-refractivity contribution in [2.24, 2.45) is 0 Å². The van der Waals surface area contributed by atoms with Gasteiger partial charge in [-0.25, -0.2) is 31.9 Å². The molecule has 0 aliphatic rings. The predicted octanol–water partition coefficient (Wildman–Crippen LogP) is 6.57. The molecule has 0 fully saturated rings. The summed E-state index contributed by atoms with van der Waals surface area (Å²) in [6.07, 6.45) is -0.843. The third-order valence-electron chi connectivity index (χ3n) is 4.66. The Labute approximate surface area is 195 Å². The smallest absolute Gasteiger partial charge is 0.403 e. The first-order valence-corrected chi connectivity index (χ1v) is 10.1. The lowest BCUT2D eigenvalue weighted by Crippen LogP contribution is -2.19. The van der Waals surface area contributed by atoms with Gasteiger partial charge in [-0.2, -0.15) is 8.78 Å². The molecular weight excluding hydrogens is 567 g/mol. The van der Waals surface area contributed by atoms with E-state index in [0.717, 1.165) is 15.5 Å². The second kappa shape index (κ2) is 8.57. The van der Waals surface area contributed by atoms with Gasteiger partial charge in [0.15, 0.2) is 5.82 Å². The minimum atomic E-state index is -2.41. The molecule has 3 aromatic carbocycles. The molecule has 170 valence electrons. The zero-order chi connectivity index (χ0) is 24.0. The van der Waals surface area contributed by atoms with Crippen LogP contribution in [0.4, 0.5) is 42.5 Å². The van der Waals surface area contributed by atoms with Crippen LogP contribution in [0.1, 0.15) is 5.56 Å². The Morgan fingerprint density at radius 3 is 2.15 bits per heavy atom. The number of nitrogens with one attached hydrogen (secondary N) is 1. The van der Waals surface area contributed by atoms with Crippen molar-refractivity contribution in [1.29, 1.82) is 0 Å². The van der Waals surface area contributed by atoms with E-state index in [4.69, 9.17) is 0 Å². The topological polar surface area (TPSA) is 56.2 Å². The van der Waals surface area contributed by atoms with Gasteiger partial charge in [0.05, 0.1) is 11.2 Å². The number of hydrogen-bond acceptors (Lipinski definition) is 4. The molecule has 1 aromatic heterocycles. The summed E-state index contributed by atoms with van der Waals surface area (Å²) >= 11 is 2.12. The number of fused-ring (bicyclic) bond motifs is 1. The Balaban J connectivity index is 1.74. The Morgan fingerprint density at radius 1 is 0.909 bits per heavy atom. The van der Waals surface area contributed by atoms with Crippen LogP contribution in [0.2, 0.25) is 0 Å². The fraction of sp³-hybridized carbons (Fsp3) is 0.0476. The van der Waals surface area contributed by atoms with E-state index in [2.05, 4.69) is 37.6 Å². The number of rotatable bonds is 3. The lowest BCUT2D eigenvalue weighted by atomic mass is 10.2. The van der Waals surface area contributed by atoms with Crippen LogP contribution in [0.25, 0.3) is 11.0 Å². The minimum absolute atomic E-state index is 0.0215. The zero-order valence-corrected chi connectivity index (χ0v) is 18.5. The van der Waals surface area contributed by atoms with Crippen LogP contribution < -0.4 is 10.1 Å². The van der Waals surface area contributed by atoms with Crippen LogP contribution in [0.5, 0.6) is 5.75 Å². The van der Waals surface area contributed by atoms with Gasteiger partial charge < -0.3 is 10.1 Å². The van der Waals surface area contributed by atoms with Gasteiger partial charge in [-0.3, -0.25) is 0 Å². The van der Waals surface area contributed by atoms with Crippen molar-refractivity contribution in [3.8, 4) is 5.75 Å². The first kappa shape index (κ1) is 22.9. The largest absolute Gasteiger partial charge is 0.425 e. The number of halogens is 7. The van der Waals surface area contributed by atoms with E-state index in [-0.39, 0.29) is 11.2 Å². The molecule has 0 bridgehead atoms. The molecule has 4 rings (SSSR count).